The van der Waals surface area contributed by atoms with Gasteiger partial charge in [-0.25, -0.2) is 0 Å². The van der Waals surface area contributed by atoms with E-state index >= 15 is 0 Å². The Morgan fingerprint density at radius 2 is 1.56 bits per heavy atom. The summed E-state index contributed by atoms with van der Waals surface area (Å²) in [6.07, 6.45) is -4.53. The quantitative estimate of drug-likeness (QED) is 0.729. The van der Waals surface area contributed by atoms with Crippen molar-refractivity contribution in [3.63, 3.8) is 0 Å². The Labute approximate surface area is 143 Å². The third-order valence-corrected chi connectivity index (χ3v) is 3.99. The first-order chi connectivity index (χ1) is 11.9. The van der Waals surface area contributed by atoms with E-state index in [0.717, 1.165) is 27.5 Å². The van der Waals surface area contributed by atoms with Crippen LogP contribution < -0.4 is 5.32 Å². The highest BCUT2D eigenvalue weighted by molar-refractivity contribution is 5.90. The van der Waals surface area contributed by atoms with Gasteiger partial charge in [0.15, 0.2) is 0 Å². The van der Waals surface area contributed by atoms with E-state index in [4.69, 9.17) is 0 Å². The number of hydrogen-bond acceptors (Lipinski definition) is 1. The predicted octanol–water partition coefficient (Wildman–Crippen LogP) is 4.73. The summed E-state index contributed by atoms with van der Waals surface area (Å²) < 4.78 is 36.9. The third-order valence-electron chi connectivity index (χ3n) is 3.99. The molecule has 0 atom stereocenters. The monoisotopic (exact) mass is 343 g/mol. The first-order valence-electron chi connectivity index (χ1n) is 7.87. The summed E-state index contributed by atoms with van der Waals surface area (Å²) in [5.41, 5.74) is 2.93. The summed E-state index contributed by atoms with van der Waals surface area (Å²) in [5.74, 6) is -1.91. The number of carbonyl (C=O) groups excluding carboxylic acids is 1. The van der Waals surface area contributed by atoms with Crippen LogP contribution in [0.25, 0.3) is 21.9 Å². The van der Waals surface area contributed by atoms with E-state index in [1.807, 2.05) is 66.0 Å². The zero-order valence-electron chi connectivity index (χ0n) is 13.3. The van der Waals surface area contributed by atoms with Crippen LogP contribution in [0, 0.1) is 0 Å². The highest BCUT2D eigenvalue weighted by Crippen LogP contribution is 2.28. The number of carbonyl (C=O) groups is 1. The van der Waals surface area contributed by atoms with Gasteiger partial charge in [0, 0.05) is 6.54 Å². The molecule has 3 aromatic carbocycles. The van der Waals surface area contributed by atoms with Crippen LogP contribution in [0.3, 0.4) is 0 Å². The number of fused-ring (bicyclic) bond motifs is 1. The van der Waals surface area contributed by atoms with Gasteiger partial charge in [-0.1, -0.05) is 60.7 Å². The van der Waals surface area contributed by atoms with E-state index in [2.05, 4.69) is 6.07 Å². The van der Waals surface area contributed by atoms with E-state index in [9.17, 15) is 18.0 Å². The molecule has 0 unspecified atom stereocenters. The van der Waals surface area contributed by atoms with Gasteiger partial charge in [0.2, 0.25) is 0 Å². The van der Waals surface area contributed by atoms with Gasteiger partial charge >= 0.3 is 12.1 Å². The molecule has 0 aliphatic heterocycles. The fraction of sp³-hybridized carbons (Fsp3) is 0.150. The average molecular weight is 343 g/mol. The minimum atomic E-state index is -4.85. The molecule has 5 heteroatoms. The molecule has 25 heavy (non-hydrogen) atoms. The van der Waals surface area contributed by atoms with E-state index in [-0.39, 0.29) is 6.54 Å². The number of halogens is 3. The topological polar surface area (TPSA) is 29.1 Å². The maximum Gasteiger partial charge on any atom is 0.471 e. The van der Waals surface area contributed by atoms with Crippen LogP contribution in [-0.2, 0) is 11.2 Å². The second-order valence-corrected chi connectivity index (χ2v) is 5.73. The number of hydrogen-bond donors (Lipinski definition) is 1. The highest BCUT2D eigenvalue weighted by atomic mass is 19.4. The van der Waals surface area contributed by atoms with Gasteiger partial charge < -0.3 is 5.32 Å². The zero-order valence-corrected chi connectivity index (χ0v) is 13.3. The summed E-state index contributed by atoms with van der Waals surface area (Å²) in [7, 11) is 0. The zero-order chi connectivity index (χ0) is 17.9. The Morgan fingerprint density at radius 1 is 0.880 bits per heavy atom. The molecule has 2 nitrogen and oxygen atoms in total. The second-order valence-electron chi connectivity index (χ2n) is 5.73. The van der Waals surface area contributed by atoms with Crippen LogP contribution in [0.2, 0.25) is 0 Å². The molecular weight excluding hydrogens is 327 g/mol. The normalized spacial score (nSPS) is 11.5. The van der Waals surface area contributed by atoms with Crippen molar-refractivity contribution in [3.8, 4) is 11.1 Å². The van der Waals surface area contributed by atoms with Crippen molar-refractivity contribution in [2.24, 2.45) is 0 Å². The van der Waals surface area contributed by atoms with E-state index < -0.39 is 12.1 Å². The number of benzene rings is 3. The molecule has 128 valence electrons. The van der Waals surface area contributed by atoms with Crippen molar-refractivity contribution in [2.75, 3.05) is 6.54 Å². The Bertz CT molecular complexity index is 888. The van der Waals surface area contributed by atoms with Gasteiger partial charge in [-0.2, -0.15) is 13.2 Å². The summed E-state index contributed by atoms with van der Waals surface area (Å²) in [5, 5.41) is 3.92. The lowest BCUT2D eigenvalue weighted by atomic mass is 9.95. The van der Waals surface area contributed by atoms with Crippen molar-refractivity contribution in [3.05, 3.63) is 72.3 Å². The molecule has 0 saturated carbocycles. The van der Waals surface area contributed by atoms with E-state index in [0.29, 0.717) is 6.42 Å². The van der Waals surface area contributed by atoms with Crippen LogP contribution in [0.15, 0.2) is 66.7 Å². The molecule has 1 N–H and O–H groups in total. The minimum absolute atomic E-state index is 0.0689. The van der Waals surface area contributed by atoms with Crippen LogP contribution in [0.1, 0.15) is 5.56 Å². The van der Waals surface area contributed by atoms with Crippen LogP contribution in [0.5, 0.6) is 0 Å². The van der Waals surface area contributed by atoms with Gasteiger partial charge in [0.25, 0.3) is 0 Å². The number of nitrogens with one attached hydrogen (secondary N) is 1. The van der Waals surface area contributed by atoms with E-state index in [1.165, 1.54) is 0 Å². The Hall–Kier alpha value is -2.82. The molecule has 0 heterocycles. The Morgan fingerprint density at radius 3 is 2.28 bits per heavy atom. The number of rotatable bonds is 4. The minimum Gasteiger partial charge on any atom is -0.348 e. The molecule has 0 aromatic heterocycles. The van der Waals surface area contributed by atoms with Crippen LogP contribution in [-0.4, -0.2) is 18.6 Å². The van der Waals surface area contributed by atoms with Gasteiger partial charge in [-0.05, 0) is 39.9 Å². The van der Waals surface area contributed by atoms with Crippen molar-refractivity contribution in [1.82, 2.24) is 5.32 Å². The standard InChI is InChI=1S/C20H16F3NO/c21-20(22,23)19(25)24-11-10-16-13-17(14-6-2-1-3-7-14)12-15-8-4-5-9-18(15)16/h1-9,12-13H,10-11H2,(H,24,25). The maximum atomic E-state index is 12.3. The number of amides is 1. The second kappa shape index (κ2) is 6.97. The van der Waals surface area contributed by atoms with Gasteiger partial charge in [0.05, 0.1) is 0 Å². The summed E-state index contributed by atoms with van der Waals surface area (Å²) in [4.78, 5) is 11.0. The van der Waals surface area contributed by atoms with E-state index in [1.54, 1.807) is 0 Å². The maximum absolute atomic E-state index is 12.3. The molecule has 0 spiro atoms. The first kappa shape index (κ1) is 17.0. The summed E-state index contributed by atoms with van der Waals surface area (Å²) >= 11 is 0. The summed E-state index contributed by atoms with van der Waals surface area (Å²) in [6.45, 7) is -0.0689. The van der Waals surface area contributed by atoms with Crippen molar-refractivity contribution >= 4 is 16.7 Å². The largest absolute Gasteiger partial charge is 0.471 e. The van der Waals surface area contributed by atoms with Crippen LogP contribution >= 0.6 is 0 Å². The third kappa shape index (κ3) is 3.99. The fourth-order valence-corrected chi connectivity index (χ4v) is 2.80. The van der Waals surface area contributed by atoms with Crippen molar-refractivity contribution in [1.29, 1.82) is 0 Å². The SMILES string of the molecule is O=C(NCCc1cc(-c2ccccc2)cc2ccccc12)C(F)(F)F. The molecule has 3 aromatic rings. The molecule has 0 bridgehead atoms. The fourth-order valence-electron chi connectivity index (χ4n) is 2.80. The van der Waals surface area contributed by atoms with Gasteiger partial charge in [0.1, 0.15) is 0 Å². The highest BCUT2D eigenvalue weighted by Gasteiger charge is 2.38. The van der Waals surface area contributed by atoms with Crippen LogP contribution in [0.4, 0.5) is 13.2 Å². The van der Waals surface area contributed by atoms with Crippen molar-refractivity contribution < 1.29 is 18.0 Å². The Balaban J connectivity index is 1.89. The summed E-state index contributed by atoms with van der Waals surface area (Å²) in [6, 6.07) is 21.5. The Kier molecular flexibility index (Phi) is 4.74. The molecule has 0 aliphatic rings. The smallest absolute Gasteiger partial charge is 0.348 e. The molecule has 0 saturated heterocycles. The predicted molar refractivity (Wildman–Crippen MR) is 92.2 cm³/mol. The van der Waals surface area contributed by atoms with Gasteiger partial charge in [-0.15, -0.1) is 0 Å². The lowest BCUT2D eigenvalue weighted by Gasteiger charge is -2.12. The molecule has 0 fully saturated rings. The molecule has 3 rings (SSSR count). The molecule has 1 amide bonds. The molecule has 0 radical (unpaired) electrons. The first-order valence-corrected chi connectivity index (χ1v) is 7.87. The lowest BCUT2D eigenvalue weighted by Crippen LogP contribution is -2.37. The van der Waals surface area contributed by atoms with Gasteiger partial charge in [-0.3, -0.25) is 4.79 Å². The number of alkyl halides is 3. The van der Waals surface area contributed by atoms with Crippen molar-refractivity contribution in [2.45, 2.75) is 12.6 Å². The molecular formula is C20H16F3NO. The molecule has 0 aliphatic carbocycles. The lowest BCUT2D eigenvalue weighted by molar-refractivity contribution is -0.173. The average Bonchev–Trinajstić information content (AvgIpc) is 2.61.